The minimum atomic E-state index is 0.786. The van der Waals surface area contributed by atoms with E-state index < -0.39 is 0 Å². The Bertz CT molecular complexity index is 179. The molecule has 0 unspecified atom stereocenters. The summed E-state index contributed by atoms with van der Waals surface area (Å²) in [4.78, 5) is 5.15. The number of nitrogens with zero attached hydrogens (tertiary/aromatic N) is 2. The standard InChI is InChI=1S/C12H25N3/c1-13-11-3-5-12(6-4-11)15-9-7-14(2)8-10-15/h11-13H,3-10H2,1-2H3/t11-,12+. The maximum Gasteiger partial charge on any atom is 0.0113 e. The molecule has 1 saturated carbocycles. The van der Waals surface area contributed by atoms with Crippen LogP contribution in [0, 0.1) is 0 Å². The maximum absolute atomic E-state index is 3.41. The molecule has 0 amide bonds. The summed E-state index contributed by atoms with van der Waals surface area (Å²) < 4.78 is 0. The van der Waals surface area contributed by atoms with Gasteiger partial charge in [-0.1, -0.05) is 0 Å². The lowest BCUT2D eigenvalue weighted by molar-refractivity contribution is 0.0860. The van der Waals surface area contributed by atoms with Crippen molar-refractivity contribution in [3.63, 3.8) is 0 Å². The Morgan fingerprint density at radius 2 is 1.53 bits per heavy atom. The van der Waals surface area contributed by atoms with Crippen molar-refractivity contribution in [2.24, 2.45) is 0 Å². The molecule has 0 aromatic rings. The lowest BCUT2D eigenvalue weighted by atomic mass is 9.90. The van der Waals surface area contributed by atoms with Gasteiger partial charge in [0.15, 0.2) is 0 Å². The molecule has 0 radical (unpaired) electrons. The van der Waals surface area contributed by atoms with Crippen molar-refractivity contribution in [2.75, 3.05) is 40.3 Å². The van der Waals surface area contributed by atoms with Crippen molar-refractivity contribution < 1.29 is 0 Å². The molecule has 0 bridgehead atoms. The number of rotatable bonds is 2. The summed E-state index contributed by atoms with van der Waals surface area (Å²) in [5.74, 6) is 0. The molecule has 2 aliphatic rings. The number of piperazine rings is 1. The minimum Gasteiger partial charge on any atom is -0.317 e. The summed E-state index contributed by atoms with van der Waals surface area (Å²) in [5, 5.41) is 3.41. The van der Waals surface area contributed by atoms with E-state index in [2.05, 4.69) is 29.2 Å². The van der Waals surface area contributed by atoms with Crippen molar-refractivity contribution in [3.05, 3.63) is 0 Å². The molecule has 1 N–H and O–H groups in total. The van der Waals surface area contributed by atoms with Crippen molar-refractivity contribution in [2.45, 2.75) is 37.8 Å². The van der Waals surface area contributed by atoms with E-state index in [9.17, 15) is 0 Å². The molecule has 0 spiro atoms. The van der Waals surface area contributed by atoms with Crippen LogP contribution in [0.3, 0.4) is 0 Å². The highest BCUT2D eigenvalue weighted by atomic mass is 15.3. The van der Waals surface area contributed by atoms with Crippen molar-refractivity contribution >= 4 is 0 Å². The van der Waals surface area contributed by atoms with Crippen LogP contribution in [0.1, 0.15) is 25.7 Å². The van der Waals surface area contributed by atoms with Gasteiger partial charge in [-0.2, -0.15) is 0 Å². The Hall–Kier alpha value is -0.120. The van der Waals surface area contributed by atoms with Crippen LogP contribution in [0.15, 0.2) is 0 Å². The third-order valence-corrected chi connectivity index (χ3v) is 4.16. The third kappa shape index (κ3) is 2.92. The van der Waals surface area contributed by atoms with Gasteiger partial charge in [0.25, 0.3) is 0 Å². The predicted octanol–water partition coefficient (Wildman–Crippen LogP) is 0.764. The largest absolute Gasteiger partial charge is 0.317 e. The highest BCUT2D eigenvalue weighted by Crippen LogP contribution is 2.23. The van der Waals surface area contributed by atoms with Crippen LogP contribution in [0.4, 0.5) is 0 Å². The van der Waals surface area contributed by atoms with E-state index in [0.717, 1.165) is 12.1 Å². The van der Waals surface area contributed by atoms with E-state index in [1.54, 1.807) is 0 Å². The van der Waals surface area contributed by atoms with Gasteiger partial charge < -0.3 is 10.2 Å². The van der Waals surface area contributed by atoms with Crippen LogP contribution < -0.4 is 5.32 Å². The van der Waals surface area contributed by atoms with Gasteiger partial charge in [-0.25, -0.2) is 0 Å². The molecule has 0 aromatic carbocycles. The van der Waals surface area contributed by atoms with Gasteiger partial charge in [0, 0.05) is 38.3 Å². The summed E-state index contributed by atoms with van der Waals surface area (Å²) in [6.45, 7) is 5.08. The maximum atomic E-state index is 3.41. The zero-order valence-corrected chi connectivity index (χ0v) is 10.2. The number of hydrogen-bond donors (Lipinski definition) is 1. The molecule has 1 aliphatic heterocycles. The van der Waals surface area contributed by atoms with Gasteiger partial charge in [-0.15, -0.1) is 0 Å². The topological polar surface area (TPSA) is 18.5 Å². The average Bonchev–Trinajstić information content (AvgIpc) is 2.30. The highest BCUT2D eigenvalue weighted by molar-refractivity contribution is 4.84. The molecular weight excluding hydrogens is 186 g/mol. The second kappa shape index (κ2) is 5.28. The first-order chi connectivity index (χ1) is 7.29. The fourth-order valence-corrected chi connectivity index (χ4v) is 2.92. The lowest BCUT2D eigenvalue weighted by Crippen LogP contribution is -2.50. The smallest absolute Gasteiger partial charge is 0.0113 e. The second-order valence-corrected chi connectivity index (χ2v) is 5.13. The van der Waals surface area contributed by atoms with E-state index in [0.29, 0.717) is 0 Å². The molecular formula is C12H25N3. The first kappa shape index (κ1) is 11.4. The van der Waals surface area contributed by atoms with E-state index >= 15 is 0 Å². The zero-order chi connectivity index (χ0) is 10.7. The summed E-state index contributed by atoms with van der Waals surface area (Å²) in [6, 6.07) is 1.66. The van der Waals surface area contributed by atoms with E-state index in [1.807, 2.05) is 0 Å². The molecule has 0 aromatic heterocycles. The predicted molar refractivity (Wildman–Crippen MR) is 64.2 cm³/mol. The molecule has 15 heavy (non-hydrogen) atoms. The summed E-state index contributed by atoms with van der Waals surface area (Å²) >= 11 is 0. The van der Waals surface area contributed by atoms with Crippen LogP contribution in [-0.2, 0) is 0 Å². The van der Waals surface area contributed by atoms with Crippen LogP contribution in [0.2, 0.25) is 0 Å². The van der Waals surface area contributed by atoms with Crippen LogP contribution in [0.5, 0.6) is 0 Å². The van der Waals surface area contributed by atoms with Crippen LogP contribution in [-0.4, -0.2) is 62.2 Å². The fourth-order valence-electron chi connectivity index (χ4n) is 2.92. The lowest BCUT2D eigenvalue weighted by Gasteiger charge is -2.41. The first-order valence-electron chi connectivity index (χ1n) is 6.39. The van der Waals surface area contributed by atoms with Crippen molar-refractivity contribution in [1.29, 1.82) is 0 Å². The molecule has 3 heteroatoms. The first-order valence-corrected chi connectivity index (χ1v) is 6.39. The third-order valence-electron chi connectivity index (χ3n) is 4.16. The van der Waals surface area contributed by atoms with Crippen molar-refractivity contribution in [3.8, 4) is 0 Å². The molecule has 1 aliphatic carbocycles. The molecule has 0 atom stereocenters. The van der Waals surface area contributed by atoms with E-state index in [-0.39, 0.29) is 0 Å². The Morgan fingerprint density at radius 1 is 0.933 bits per heavy atom. The SMILES string of the molecule is CN[C@H]1CC[C@@H](N2CCN(C)CC2)CC1. The zero-order valence-electron chi connectivity index (χ0n) is 10.2. The van der Waals surface area contributed by atoms with Gasteiger partial charge in [-0.3, -0.25) is 4.90 Å². The molecule has 1 saturated heterocycles. The van der Waals surface area contributed by atoms with Crippen LogP contribution in [0.25, 0.3) is 0 Å². The molecule has 2 rings (SSSR count). The van der Waals surface area contributed by atoms with Gasteiger partial charge >= 0.3 is 0 Å². The number of likely N-dealkylation sites (N-methyl/N-ethyl adjacent to an activating group) is 1. The monoisotopic (exact) mass is 211 g/mol. The summed E-state index contributed by atoms with van der Waals surface area (Å²) in [6.07, 6.45) is 5.53. The van der Waals surface area contributed by atoms with E-state index in [1.165, 1.54) is 51.9 Å². The van der Waals surface area contributed by atoms with Gasteiger partial charge in [0.1, 0.15) is 0 Å². The van der Waals surface area contributed by atoms with Gasteiger partial charge in [0.05, 0.1) is 0 Å². The molecule has 2 fully saturated rings. The Labute approximate surface area is 93.8 Å². The molecule has 1 heterocycles. The highest BCUT2D eigenvalue weighted by Gasteiger charge is 2.26. The normalized spacial score (nSPS) is 35.6. The Morgan fingerprint density at radius 3 is 2.07 bits per heavy atom. The number of nitrogens with one attached hydrogen (secondary N) is 1. The minimum absolute atomic E-state index is 0.786. The average molecular weight is 211 g/mol. The summed E-state index contributed by atoms with van der Waals surface area (Å²) in [5.41, 5.74) is 0. The molecule has 3 nitrogen and oxygen atoms in total. The molecule has 88 valence electrons. The van der Waals surface area contributed by atoms with E-state index in [4.69, 9.17) is 0 Å². The number of hydrogen-bond acceptors (Lipinski definition) is 3. The second-order valence-electron chi connectivity index (χ2n) is 5.13. The quantitative estimate of drug-likeness (QED) is 0.728. The van der Waals surface area contributed by atoms with Gasteiger partial charge in [0.2, 0.25) is 0 Å². The summed E-state index contributed by atoms with van der Waals surface area (Å²) in [7, 11) is 4.33. The Balaban J connectivity index is 1.75. The van der Waals surface area contributed by atoms with Crippen LogP contribution >= 0.6 is 0 Å². The van der Waals surface area contributed by atoms with Gasteiger partial charge in [-0.05, 0) is 39.8 Å². The Kier molecular flexibility index (Phi) is 4.00. The fraction of sp³-hybridized carbons (Fsp3) is 1.00. The van der Waals surface area contributed by atoms with Crippen molar-refractivity contribution in [1.82, 2.24) is 15.1 Å².